The first-order chi connectivity index (χ1) is 14.1. The van der Waals surface area contributed by atoms with E-state index in [2.05, 4.69) is 25.1 Å². The zero-order valence-electron chi connectivity index (χ0n) is 15.9. The van der Waals surface area contributed by atoms with Crippen LogP contribution in [0.15, 0.2) is 32.3 Å². The van der Waals surface area contributed by atoms with Crippen LogP contribution in [0.3, 0.4) is 0 Å². The van der Waals surface area contributed by atoms with E-state index >= 15 is 0 Å². The van der Waals surface area contributed by atoms with Crippen LogP contribution < -0.4 is 16.6 Å². The molecule has 0 atom stereocenters. The molecule has 30 heavy (non-hydrogen) atoms. The molecule has 0 unspecified atom stereocenters. The molecule has 10 nitrogen and oxygen atoms in total. The van der Waals surface area contributed by atoms with Gasteiger partial charge in [0.1, 0.15) is 5.69 Å². The normalized spacial score (nSPS) is 11.0. The number of carbonyl (C=O) groups is 2. The second-order valence-electron chi connectivity index (χ2n) is 6.61. The molecule has 1 amide bonds. The van der Waals surface area contributed by atoms with Gasteiger partial charge < -0.3 is 5.32 Å². The van der Waals surface area contributed by atoms with Crippen molar-refractivity contribution in [1.29, 1.82) is 0 Å². The van der Waals surface area contributed by atoms with E-state index in [4.69, 9.17) is 23.2 Å². The van der Waals surface area contributed by atoms with Gasteiger partial charge in [-0.25, -0.2) is 9.48 Å². The summed E-state index contributed by atoms with van der Waals surface area (Å²) in [6.45, 7) is 3.65. The maximum atomic E-state index is 13.0. The molecule has 0 fully saturated rings. The van der Waals surface area contributed by atoms with Crippen LogP contribution in [0.25, 0.3) is 0 Å². The van der Waals surface area contributed by atoms with Crippen molar-refractivity contribution in [3.8, 4) is 0 Å². The van der Waals surface area contributed by atoms with Crippen LogP contribution in [0, 0.1) is 0 Å². The fourth-order valence-corrected chi connectivity index (χ4v) is 3.32. The number of anilines is 1. The summed E-state index contributed by atoms with van der Waals surface area (Å²) >= 11 is 12.5. The van der Waals surface area contributed by atoms with E-state index in [1.54, 1.807) is 0 Å². The van der Waals surface area contributed by atoms with Gasteiger partial charge >= 0.3 is 5.76 Å². The van der Waals surface area contributed by atoms with Crippen molar-refractivity contribution in [2.45, 2.75) is 19.8 Å². The minimum atomic E-state index is -0.886. The van der Waals surface area contributed by atoms with E-state index < -0.39 is 17.4 Å². The molecule has 0 saturated carbocycles. The Morgan fingerprint density at radius 2 is 1.80 bits per heavy atom. The van der Waals surface area contributed by atoms with Crippen LogP contribution in [0.5, 0.6) is 0 Å². The topological polar surface area (TPSA) is 140 Å². The van der Waals surface area contributed by atoms with Crippen LogP contribution in [0.1, 0.15) is 52.0 Å². The van der Waals surface area contributed by atoms with Crippen molar-refractivity contribution >= 4 is 40.6 Å². The number of amides is 1. The summed E-state index contributed by atoms with van der Waals surface area (Å²) in [4.78, 5) is 50.3. The van der Waals surface area contributed by atoms with Crippen LogP contribution in [0.4, 0.5) is 5.69 Å². The van der Waals surface area contributed by atoms with Crippen molar-refractivity contribution < 1.29 is 14.1 Å². The van der Waals surface area contributed by atoms with Gasteiger partial charge in [-0.1, -0.05) is 37.0 Å². The number of aryl methyl sites for hydroxylation is 1. The summed E-state index contributed by atoms with van der Waals surface area (Å²) in [7, 11) is 1.45. The summed E-state index contributed by atoms with van der Waals surface area (Å²) < 4.78 is 5.35. The molecule has 0 bridgehead atoms. The maximum Gasteiger partial charge on any atom is 0.439 e. The van der Waals surface area contributed by atoms with Gasteiger partial charge in [-0.3, -0.25) is 23.9 Å². The highest BCUT2D eigenvalue weighted by Gasteiger charge is 2.22. The number of rotatable bonds is 5. The lowest BCUT2D eigenvalue weighted by atomic mass is 10.0. The molecule has 12 heteroatoms. The fourth-order valence-electron chi connectivity index (χ4n) is 2.66. The van der Waals surface area contributed by atoms with Gasteiger partial charge in [-0.2, -0.15) is 5.10 Å². The lowest BCUT2D eigenvalue weighted by Crippen LogP contribution is -2.27. The Morgan fingerprint density at radius 1 is 1.17 bits per heavy atom. The highest BCUT2D eigenvalue weighted by molar-refractivity contribution is 6.41. The number of halogens is 2. The van der Waals surface area contributed by atoms with E-state index in [0.29, 0.717) is 5.56 Å². The van der Waals surface area contributed by atoms with Gasteiger partial charge in [0, 0.05) is 18.3 Å². The molecule has 2 N–H and O–H groups in total. The third-order valence-corrected chi connectivity index (χ3v) is 4.72. The SMILES string of the molecule is CC(C)c1cc(C(=O)c2c(Cl)cc(NC(=O)c3noc(=O)[nH]3)cc2Cl)nn(C)c1=O. The van der Waals surface area contributed by atoms with Gasteiger partial charge in [-0.15, -0.1) is 0 Å². The zero-order valence-corrected chi connectivity index (χ0v) is 17.5. The molecule has 0 aliphatic heterocycles. The van der Waals surface area contributed by atoms with Crippen molar-refractivity contribution in [2.24, 2.45) is 7.05 Å². The van der Waals surface area contributed by atoms with Crippen LogP contribution >= 0.6 is 23.2 Å². The maximum absolute atomic E-state index is 13.0. The van der Waals surface area contributed by atoms with E-state index in [1.165, 1.54) is 25.2 Å². The number of hydrogen-bond donors (Lipinski definition) is 2. The van der Waals surface area contributed by atoms with Crippen molar-refractivity contribution in [2.75, 3.05) is 5.32 Å². The van der Waals surface area contributed by atoms with E-state index in [-0.39, 0.29) is 44.3 Å². The van der Waals surface area contributed by atoms with E-state index in [9.17, 15) is 19.2 Å². The first-order valence-corrected chi connectivity index (χ1v) is 9.33. The van der Waals surface area contributed by atoms with Crippen LogP contribution in [0.2, 0.25) is 10.0 Å². The first kappa shape index (κ1) is 21.5. The Labute approximate surface area is 178 Å². The van der Waals surface area contributed by atoms with Gasteiger partial charge in [0.05, 0.1) is 15.6 Å². The molecule has 0 aliphatic rings. The number of aromatic nitrogens is 4. The summed E-state index contributed by atoms with van der Waals surface area (Å²) in [6, 6.07) is 4.03. The minimum Gasteiger partial charge on any atom is -0.319 e. The molecule has 1 aromatic carbocycles. The molecule has 0 spiro atoms. The average molecular weight is 452 g/mol. The van der Waals surface area contributed by atoms with Gasteiger partial charge in [0.15, 0.2) is 0 Å². The number of nitrogens with zero attached hydrogens (tertiary/aromatic N) is 3. The van der Waals surface area contributed by atoms with E-state index in [0.717, 1.165) is 4.68 Å². The minimum absolute atomic E-state index is 0.00144. The standard InChI is InChI=1S/C18H15Cl2N5O5/c1-7(2)9-6-12(23-25(3)17(9)28)14(26)13-10(19)4-8(5-11(13)20)21-16(27)15-22-18(29)30-24-15/h4-7H,1-3H3,(H,21,27)(H,22,24,29). The Hall–Kier alpha value is -3.24. The monoisotopic (exact) mass is 451 g/mol. The number of ketones is 1. The van der Waals surface area contributed by atoms with Crippen LogP contribution in [-0.2, 0) is 7.05 Å². The number of hydrogen-bond acceptors (Lipinski definition) is 7. The second-order valence-corrected chi connectivity index (χ2v) is 7.42. The number of aromatic amines is 1. The summed E-state index contributed by atoms with van der Waals surface area (Å²) in [5, 5.41) is 9.61. The second kappa shape index (κ2) is 8.25. The first-order valence-electron chi connectivity index (χ1n) is 8.57. The predicted octanol–water partition coefficient (Wildman–Crippen LogP) is 2.37. The predicted molar refractivity (Wildman–Crippen MR) is 109 cm³/mol. The lowest BCUT2D eigenvalue weighted by molar-refractivity contribution is 0.101. The molecular formula is C18H15Cl2N5O5. The molecule has 3 rings (SSSR count). The van der Waals surface area contributed by atoms with Crippen molar-refractivity contribution in [1.82, 2.24) is 19.9 Å². The molecular weight excluding hydrogens is 437 g/mol. The molecule has 2 heterocycles. The zero-order chi connectivity index (χ0) is 22.2. The highest BCUT2D eigenvalue weighted by Crippen LogP contribution is 2.31. The van der Waals surface area contributed by atoms with Crippen LogP contribution in [-0.4, -0.2) is 31.6 Å². The smallest absolute Gasteiger partial charge is 0.319 e. The number of benzene rings is 1. The van der Waals surface area contributed by atoms with Gasteiger partial charge in [0.2, 0.25) is 11.6 Å². The largest absolute Gasteiger partial charge is 0.439 e. The van der Waals surface area contributed by atoms with Crippen molar-refractivity contribution in [3.63, 3.8) is 0 Å². The number of nitrogens with one attached hydrogen (secondary N) is 2. The molecule has 2 aromatic heterocycles. The van der Waals surface area contributed by atoms with Gasteiger partial charge in [0.25, 0.3) is 11.5 Å². The fraction of sp³-hybridized carbons (Fsp3) is 0.222. The third kappa shape index (κ3) is 4.19. The van der Waals surface area contributed by atoms with Gasteiger partial charge in [-0.05, 0) is 29.3 Å². The molecule has 0 saturated heterocycles. The average Bonchev–Trinajstić information content (AvgIpc) is 3.09. The molecule has 0 aliphatic carbocycles. The molecule has 0 radical (unpaired) electrons. The summed E-state index contributed by atoms with van der Waals surface area (Å²) in [5.74, 6) is -2.70. The quantitative estimate of drug-likeness (QED) is 0.567. The Morgan fingerprint density at radius 3 is 2.33 bits per heavy atom. The van der Waals surface area contributed by atoms with E-state index in [1.807, 2.05) is 13.8 Å². The summed E-state index contributed by atoms with van der Waals surface area (Å²) in [6.07, 6.45) is 0. The lowest BCUT2D eigenvalue weighted by Gasteiger charge is -2.12. The Bertz CT molecular complexity index is 1250. The highest BCUT2D eigenvalue weighted by atomic mass is 35.5. The molecule has 3 aromatic rings. The summed E-state index contributed by atoms with van der Waals surface area (Å²) in [5.41, 5.74) is 0.247. The number of carbonyl (C=O) groups excluding carboxylic acids is 2. The molecule has 156 valence electrons. The number of H-pyrrole nitrogens is 1. The Kier molecular flexibility index (Phi) is 5.90. The Balaban J connectivity index is 1.96. The third-order valence-electron chi connectivity index (χ3n) is 4.13. The van der Waals surface area contributed by atoms with Crippen molar-refractivity contribution in [3.05, 3.63) is 71.8 Å².